The van der Waals surface area contributed by atoms with Crippen LogP contribution in [-0.2, 0) is 4.74 Å². The summed E-state index contributed by atoms with van der Waals surface area (Å²) in [7, 11) is 0. The molecule has 3 nitrogen and oxygen atoms in total. The van der Waals surface area contributed by atoms with Gasteiger partial charge in [-0.25, -0.2) is 9.97 Å². The van der Waals surface area contributed by atoms with Crippen molar-refractivity contribution in [2.24, 2.45) is 0 Å². The summed E-state index contributed by atoms with van der Waals surface area (Å²) in [6, 6.07) is 0. The second-order valence-electron chi connectivity index (χ2n) is 3.52. The lowest BCUT2D eigenvalue weighted by molar-refractivity contribution is 0.0693. The number of rotatable bonds is 1. The van der Waals surface area contributed by atoms with Crippen LogP contribution >= 0.6 is 23.4 Å². The van der Waals surface area contributed by atoms with Crippen LogP contribution in [0.3, 0.4) is 0 Å². The maximum Gasteiger partial charge on any atom is 0.159 e. The molecule has 1 aliphatic rings. The lowest BCUT2D eigenvalue weighted by atomic mass is 10.2. The van der Waals surface area contributed by atoms with Gasteiger partial charge < -0.3 is 4.74 Å². The zero-order chi connectivity index (χ0) is 10.8. The van der Waals surface area contributed by atoms with E-state index in [-0.39, 0.29) is 6.10 Å². The number of nitrogens with zero attached hydrogens (tertiary/aromatic N) is 2. The SMILES string of the molecule is Cc1nc(C2CSCCO2)nc(Cl)c1C. The van der Waals surface area contributed by atoms with Crippen molar-refractivity contribution >= 4 is 23.4 Å². The van der Waals surface area contributed by atoms with Crippen LogP contribution in [0.25, 0.3) is 0 Å². The number of aromatic nitrogens is 2. The van der Waals surface area contributed by atoms with Gasteiger partial charge in [0.05, 0.1) is 6.61 Å². The smallest absolute Gasteiger partial charge is 0.159 e. The van der Waals surface area contributed by atoms with Gasteiger partial charge in [0.1, 0.15) is 11.3 Å². The van der Waals surface area contributed by atoms with E-state index in [2.05, 4.69) is 9.97 Å². The number of aryl methyl sites for hydroxylation is 1. The van der Waals surface area contributed by atoms with Crippen LogP contribution in [0.5, 0.6) is 0 Å². The Morgan fingerprint density at radius 2 is 2.20 bits per heavy atom. The monoisotopic (exact) mass is 244 g/mol. The molecule has 1 saturated heterocycles. The fraction of sp³-hybridized carbons (Fsp3) is 0.600. The first-order valence-corrected chi connectivity index (χ1v) is 6.41. The predicted molar refractivity (Wildman–Crippen MR) is 62.5 cm³/mol. The standard InChI is InChI=1S/C10H13ClN2OS/c1-6-7(2)12-10(13-9(6)11)8-5-15-4-3-14-8/h8H,3-5H2,1-2H3. The summed E-state index contributed by atoms with van der Waals surface area (Å²) in [6.45, 7) is 4.64. The molecule has 5 heteroatoms. The van der Waals surface area contributed by atoms with Crippen molar-refractivity contribution in [2.75, 3.05) is 18.1 Å². The summed E-state index contributed by atoms with van der Waals surface area (Å²) < 4.78 is 5.61. The highest BCUT2D eigenvalue weighted by atomic mass is 35.5. The van der Waals surface area contributed by atoms with Gasteiger partial charge in [0.2, 0.25) is 0 Å². The van der Waals surface area contributed by atoms with E-state index < -0.39 is 0 Å². The molecule has 0 aliphatic carbocycles. The summed E-state index contributed by atoms with van der Waals surface area (Å²) in [5.74, 6) is 2.68. The van der Waals surface area contributed by atoms with Crippen LogP contribution in [-0.4, -0.2) is 28.1 Å². The third-order valence-electron chi connectivity index (χ3n) is 2.45. The van der Waals surface area contributed by atoms with E-state index in [1.807, 2.05) is 25.6 Å². The lowest BCUT2D eigenvalue weighted by Gasteiger charge is -2.21. The van der Waals surface area contributed by atoms with Crippen molar-refractivity contribution < 1.29 is 4.74 Å². The second-order valence-corrected chi connectivity index (χ2v) is 5.03. The molecule has 0 amide bonds. The van der Waals surface area contributed by atoms with E-state index in [1.165, 1.54) is 0 Å². The molecule has 0 saturated carbocycles. The lowest BCUT2D eigenvalue weighted by Crippen LogP contribution is -2.18. The number of halogens is 1. The molecule has 0 spiro atoms. The first-order valence-electron chi connectivity index (χ1n) is 4.88. The zero-order valence-electron chi connectivity index (χ0n) is 8.79. The van der Waals surface area contributed by atoms with Crippen LogP contribution in [0, 0.1) is 13.8 Å². The van der Waals surface area contributed by atoms with Crippen molar-refractivity contribution in [1.29, 1.82) is 0 Å². The quantitative estimate of drug-likeness (QED) is 0.712. The molecule has 0 N–H and O–H groups in total. The molecular weight excluding hydrogens is 232 g/mol. The average Bonchev–Trinajstić information content (AvgIpc) is 2.26. The molecule has 1 fully saturated rings. The summed E-state index contributed by atoms with van der Waals surface area (Å²) >= 11 is 7.89. The molecule has 15 heavy (non-hydrogen) atoms. The third-order valence-corrected chi connectivity index (χ3v) is 3.81. The molecule has 0 bridgehead atoms. The van der Waals surface area contributed by atoms with E-state index in [0.717, 1.165) is 35.2 Å². The summed E-state index contributed by atoms with van der Waals surface area (Å²) in [5, 5.41) is 0.539. The Morgan fingerprint density at radius 3 is 2.80 bits per heavy atom. The van der Waals surface area contributed by atoms with Crippen molar-refractivity contribution in [3.63, 3.8) is 0 Å². The van der Waals surface area contributed by atoms with Gasteiger partial charge in [-0.2, -0.15) is 11.8 Å². The van der Waals surface area contributed by atoms with E-state index in [9.17, 15) is 0 Å². The minimum Gasteiger partial charge on any atom is -0.368 e. The molecule has 1 atom stereocenters. The van der Waals surface area contributed by atoms with E-state index >= 15 is 0 Å². The van der Waals surface area contributed by atoms with Gasteiger partial charge in [0, 0.05) is 22.8 Å². The minimum absolute atomic E-state index is 0.000509. The van der Waals surface area contributed by atoms with Crippen LogP contribution in [0.4, 0.5) is 0 Å². The fourth-order valence-corrected chi connectivity index (χ4v) is 2.46. The van der Waals surface area contributed by atoms with Gasteiger partial charge in [-0.3, -0.25) is 0 Å². The Morgan fingerprint density at radius 1 is 1.40 bits per heavy atom. The Kier molecular flexibility index (Phi) is 3.49. The Labute approximate surface area is 98.6 Å². The number of hydrogen-bond donors (Lipinski definition) is 0. The fourth-order valence-electron chi connectivity index (χ4n) is 1.40. The molecule has 2 heterocycles. The third kappa shape index (κ3) is 2.44. The largest absolute Gasteiger partial charge is 0.368 e. The average molecular weight is 245 g/mol. The van der Waals surface area contributed by atoms with Crippen LogP contribution < -0.4 is 0 Å². The highest BCUT2D eigenvalue weighted by molar-refractivity contribution is 7.99. The van der Waals surface area contributed by atoms with Gasteiger partial charge in [0.25, 0.3) is 0 Å². The maximum absolute atomic E-state index is 6.02. The topological polar surface area (TPSA) is 35.0 Å². The predicted octanol–water partition coefficient (Wildman–Crippen LogP) is 2.55. The zero-order valence-corrected chi connectivity index (χ0v) is 10.4. The van der Waals surface area contributed by atoms with Gasteiger partial charge in [-0.1, -0.05) is 11.6 Å². The normalized spacial score (nSPS) is 21.7. The first-order chi connectivity index (χ1) is 7.18. The molecule has 2 rings (SSSR count). The van der Waals surface area contributed by atoms with E-state index in [0.29, 0.717) is 5.15 Å². The van der Waals surface area contributed by atoms with Crippen molar-refractivity contribution in [3.05, 3.63) is 22.2 Å². The number of hydrogen-bond acceptors (Lipinski definition) is 4. The first kappa shape index (κ1) is 11.2. The van der Waals surface area contributed by atoms with Crippen molar-refractivity contribution in [2.45, 2.75) is 20.0 Å². The minimum atomic E-state index is 0.000509. The van der Waals surface area contributed by atoms with Crippen LogP contribution in [0.15, 0.2) is 0 Å². The van der Waals surface area contributed by atoms with Gasteiger partial charge in [-0.05, 0) is 13.8 Å². The molecule has 1 aromatic rings. The van der Waals surface area contributed by atoms with Gasteiger partial charge in [-0.15, -0.1) is 0 Å². The second kappa shape index (κ2) is 4.68. The maximum atomic E-state index is 6.02. The number of ether oxygens (including phenoxy) is 1. The summed E-state index contributed by atoms with van der Waals surface area (Å²) in [4.78, 5) is 8.70. The molecule has 0 radical (unpaired) electrons. The Hall–Kier alpha value is -0.320. The van der Waals surface area contributed by atoms with Crippen molar-refractivity contribution in [3.8, 4) is 0 Å². The molecular formula is C10H13ClN2OS. The summed E-state index contributed by atoms with van der Waals surface area (Å²) in [6.07, 6.45) is 0.000509. The molecule has 1 aliphatic heterocycles. The van der Waals surface area contributed by atoms with Gasteiger partial charge >= 0.3 is 0 Å². The van der Waals surface area contributed by atoms with E-state index in [4.69, 9.17) is 16.3 Å². The molecule has 82 valence electrons. The summed E-state index contributed by atoms with van der Waals surface area (Å²) in [5.41, 5.74) is 1.88. The Balaban J connectivity index is 2.27. The van der Waals surface area contributed by atoms with Crippen LogP contribution in [0.1, 0.15) is 23.2 Å². The number of thioether (sulfide) groups is 1. The van der Waals surface area contributed by atoms with Crippen molar-refractivity contribution in [1.82, 2.24) is 9.97 Å². The molecule has 0 aromatic carbocycles. The van der Waals surface area contributed by atoms with Gasteiger partial charge in [0.15, 0.2) is 5.82 Å². The van der Waals surface area contributed by atoms with E-state index in [1.54, 1.807) is 0 Å². The van der Waals surface area contributed by atoms with Crippen LogP contribution in [0.2, 0.25) is 5.15 Å². The molecule has 1 unspecified atom stereocenters. The molecule has 1 aromatic heterocycles. The highest BCUT2D eigenvalue weighted by Crippen LogP contribution is 2.26. The Bertz CT molecular complexity index is 343. The highest BCUT2D eigenvalue weighted by Gasteiger charge is 2.20.